The van der Waals surface area contributed by atoms with E-state index in [4.69, 9.17) is 5.11 Å². The number of unbranched alkanes of at least 4 members (excludes halogenated alkanes) is 1. The number of nitrogens with zero attached hydrogens (tertiary/aromatic N) is 1. The number of carbonyl (C=O) groups is 2. The summed E-state index contributed by atoms with van der Waals surface area (Å²) < 4.78 is 35.6. The van der Waals surface area contributed by atoms with Gasteiger partial charge in [-0.25, -0.2) is 9.59 Å². The lowest BCUT2D eigenvalue weighted by Gasteiger charge is -2.21. The maximum Gasteiger partial charge on any atom is 0.389 e. The highest BCUT2D eigenvalue weighted by atomic mass is 19.4. The van der Waals surface area contributed by atoms with E-state index in [-0.39, 0.29) is 32.4 Å². The Hall–Kier alpha value is -1.51. The molecule has 0 spiro atoms. The third kappa shape index (κ3) is 5.24. The van der Waals surface area contributed by atoms with Crippen LogP contribution in [0.5, 0.6) is 0 Å². The molecule has 2 amide bonds. The molecule has 0 aromatic rings. The number of alkyl halides is 3. The molecule has 1 heterocycles. The molecule has 0 saturated carbocycles. The Kier molecular flexibility index (Phi) is 5.61. The van der Waals surface area contributed by atoms with Gasteiger partial charge in [0.05, 0.1) is 6.10 Å². The van der Waals surface area contributed by atoms with E-state index < -0.39 is 36.7 Å². The number of aliphatic hydroxyl groups is 1. The van der Waals surface area contributed by atoms with E-state index in [0.717, 1.165) is 4.90 Å². The van der Waals surface area contributed by atoms with Gasteiger partial charge in [-0.2, -0.15) is 13.2 Å². The molecule has 0 aromatic heterocycles. The number of aliphatic carboxylic acids is 1. The van der Waals surface area contributed by atoms with Crippen LogP contribution in [0.1, 0.15) is 25.7 Å². The van der Waals surface area contributed by atoms with Crippen molar-refractivity contribution >= 4 is 12.0 Å². The molecule has 3 N–H and O–H groups in total. The van der Waals surface area contributed by atoms with Crippen LogP contribution < -0.4 is 5.32 Å². The standard InChI is InChI=1S/C11H17F3N2O4/c12-11(13,14)3-1-2-4-15-10(20)16-6-7(17)5-8(16)9(18)19/h7-8,17H,1-6H2,(H,15,20)(H,18,19)/t7-,8-/m0/s1. The van der Waals surface area contributed by atoms with Crippen molar-refractivity contribution in [3.63, 3.8) is 0 Å². The number of hydrogen-bond donors (Lipinski definition) is 3. The van der Waals surface area contributed by atoms with Gasteiger partial charge in [-0.3, -0.25) is 0 Å². The molecule has 1 aliphatic rings. The van der Waals surface area contributed by atoms with Gasteiger partial charge in [0.1, 0.15) is 6.04 Å². The molecule has 116 valence electrons. The first kappa shape index (κ1) is 16.5. The fraction of sp³-hybridized carbons (Fsp3) is 0.818. The number of halogens is 3. The van der Waals surface area contributed by atoms with Crippen molar-refractivity contribution in [2.24, 2.45) is 0 Å². The summed E-state index contributed by atoms with van der Waals surface area (Å²) >= 11 is 0. The SMILES string of the molecule is O=C(O)[C@@H]1C[C@H](O)CN1C(=O)NCCCCC(F)(F)F. The van der Waals surface area contributed by atoms with Crippen molar-refractivity contribution in [2.75, 3.05) is 13.1 Å². The third-order valence-electron chi connectivity index (χ3n) is 2.99. The number of aliphatic hydroxyl groups excluding tert-OH is 1. The summed E-state index contributed by atoms with van der Waals surface area (Å²) in [6.45, 7) is -0.0564. The largest absolute Gasteiger partial charge is 0.480 e. The van der Waals surface area contributed by atoms with Crippen LogP contribution in [0.2, 0.25) is 0 Å². The van der Waals surface area contributed by atoms with Crippen molar-refractivity contribution in [3.8, 4) is 0 Å². The molecule has 0 unspecified atom stereocenters. The molecule has 20 heavy (non-hydrogen) atoms. The minimum Gasteiger partial charge on any atom is -0.480 e. The van der Waals surface area contributed by atoms with Crippen LogP contribution >= 0.6 is 0 Å². The third-order valence-corrected chi connectivity index (χ3v) is 2.99. The van der Waals surface area contributed by atoms with Gasteiger partial charge >= 0.3 is 18.2 Å². The quantitative estimate of drug-likeness (QED) is 0.659. The van der Waals surface area contributed by atoms with Crippen LogP contribution in [-0.2, 0) is 4.79 Å². The second-order valence-electron chi connectivity index (χ2n) is 4.70. The first-order valence-corrected chi connectivity index (χ1v) is 6.23. The van der Waals surface area contributed by atoms with Gasteiger partial charge in [-0.1, -0.05) is 0 Å². The van der Waals surface area contributed by atoms with Gasteiger partial charge in [-0.15, -0.1) is 0 Å². The van der Waals surface area contributed by atoms with Gasteiger partial charge in [0.15, 0.2) is 0 Å². The van der Waals surface area contributed by atoms with E-state index >= 15 is 0 Å². The monoisotopic (exact) mass is 298 g/mol. The van der Waals surface area contributed by atoms with Gasteiger partial charge < -0.3 is 20.4 Å². The van der Waals surface area contributed by atoms with E-state index in [1.807, 2.05) is 0 Å². The van der Waals surface area contributed by atoms with Crippen molar-refractivity contribution in [1.29, 1.82) is 0 Å². The molecule has 9 heteroatoms. The Bertz CT molecular complexity index is 362. The minimum atomic E-state index is -4.21. The summed E-state index contributed by atoms with van der Waals surface area (Å²) in [5.74, 6) is -1.21. The Morgan fingerprint density at radius 2 is 1.95 bits per heavy atom. The average Bonchev–Trinajstić information content (AvgIpc) is 2.69. The minimum absolute atomic E-state index is 0.0356. The second kappa shape index (κ2) is 6.78. The molecular formula is C11H17F3N2O4. The molecule has 0 aromatic carbocycles. The fourth-order valence-electron chi connectivity index (χ4n) is 2.02. The molecule has 1 rings (SSSR count). The topological polar surface area (TPSA) is 89.9 Å². The number of amides is 2. The van der Waals surface area contributed by atoms with Gasteiger partial charge in [0.2, 0.25) is 0 Å². The summed E-state index contributed by atoms with van der Waals surface area (Å²) in [6.07, 6.45) is -6.02. The van der Waals surface area contributed by atoms with Crippen LogP contribution in [0.3, 0.4) is 0 Å². The molecule has 0 radical (unpaired) electrons. The lowest BCUT2D eigenvalue weighted by atomic mass is 10.2. The van der Waals surface area contributed by atoms with Crippen LogP contribution in [0.15, 0.2) is 0 Å². The summed E-state index contributed by atoms with van der Waals surface area (Å²) in [5, 5.41) is 20.6. The lowest BCUT2D eigenvalue weighted by Crippen LogP contribution is -2.46. The number of carbonyl (C=O) groups excluding carboxylic acids is 1. The Balaban J connectivity index is 2.30. The molecular weight excluding hydrogens is 281 g/mol. The summed E-state index contributed by atoms with van der Waals surface area (Å²) in [6, 6.07) is -1.78. The van der Waals surface area contributed by atoms with Crippen molar-refractivity contribution in [2.45, 2.75) is 44.0 Å². The molecule has 6 nitrogen and oxygen atoms in total. The van der Waals surface area contributed by atoms with Crippen molar-refractivity contribution in [1.82, 2.24) is 10.2 Å². The zero-order valence-corrected chi connectivity index (χ0v) is 10.7. The zero-order valence-electron chi connectivity index (χ0n) is 10.7. The predicted molar refractivity (Wildman–Crippen MR) is 62.1 cm³/mol. The first-order chi connectivity index (χ1) is 9.20. The maximum absolute atomic E-state index is 11.9. The van der Waals surface area contributed by atoms with Crippen molar-refractivity contribution < 1.29 is 33.0 Å². The Morgan fingerprint density at radius 3 is 2.50 bits per heavy atom. The van der Waals surface area contributed by atoms with Gasteiger partial charge in [0, 0.05) is 25.9 Å². The lowest BCUT2D eigenvalue weighted by molar-refractivity contribution is -0.141. The van der Waals surface area contributed by atoms with E-state index in [9.17, 15) is 27.9 Å². The van der Waals surface area contributed by atoms with Crippen LogP contribution in [0.25, 0.3) is 0 Å². The number of rotatable bonds is 5. The average molecular weight is 298 g/mol. The molecule has 1 fully saturated rings. The van der Waals surface area contributed by atoms with E-state index in [0.29, 0.717) is 0 Å². The predicted octanol–water partition coefficient (Wildman–Crippen LogP) is 0.948. The number of urea groups is 1. The second-order valence-corrected chi connectivity index (χ2v) is 4.70. The number of nitrogens with one attached hydrogen (secondary N) is 1. The zero-order chi connectivity index (χ0) is 15.3. The summed E-state index contributed by atoms with van der Waals surface area (Å²) in [5.41, 5.74) is 0. The number of likely N-dealkylation sites (tertiary alicyclic amines) is 1. The van der Waals surface area contributed by atoms with Crippen LogP contribution in [0, 0.1) is 0 Å². The number of carboxylic acids is 1. The number of hydrogen-bond acceptors (Lipinski definition) is 3. The normalized spacial score (nSPS) is 22.9. The Labute approximate surface area is 113 Å². The molecule has 1 aliphatic heterocycles. The smallest absolute Gasteiger partial charge is 0.389 e. The van der Waals surface area contributed by atoms with E-state index in [1.165, 1.54) is 0 Å². The Morgan fingerprint density at radius 1 is 1.30 bits per heavy atom. The van der Waals surface area contributed by atoms with Crippen LogP contribution in [0.4, 0.5) is 18.0 Å². The fourth-order valence-corrected chi connectivity index (χ4v) is 2.02. The van der Waals surface area contributed by atoms with Gasteiger partial charge in [-0.05, 0) is 12.8 Å². The number of β-amino-alcohol motifs (C(OH)–C–C–N with tert-alkyl or cyclic N) is 1. The number of carboxylic acid groups (broad SMARTS) is 1. The maximum atomic E-state index is 11.9. The summed E-state index contributed by atoms with van der Waals surface area (Å²) in [4.78, 5) is 23.6. The van der Waals surface area contributed by atoms with E-state index in [2.05, 4.69) is 5.32 Å². The molecule has 0 bridgehead atoms. The highest BCUT2D eigenvalue weighted by molar-refractivity contribution is 5.83. The molecule has 1 saturated heterocycles. The van der Waals surface area contributed by atoms with Crippen LogP contribution in [-0.4, -0.2) is 58.5 Å². The highest BCUT2D eigenvalue weighted by Gasteiger charge is 2.38. The molecule has 2 atom stereocenters. The van der Waals surface area contributed by atoms with E-state index in [1.54, 1.807) is 0 Å². The first-order valence-electron chi connectivity index (χ1n) is 6.23. The molecule has 0 aliphatic carbocycles. The van der Waals surface area contributed by atoms with Crippen molar-refractivity contribution in [3.05, 3.63) is 0 Å². The van der Waals surface area contributed by atoms with Gasteiger partial charge in [0.25, 0.3) is 0 Å². The summed E-state index contributed by atoms with van der Waals surface area (Å²) in [7, 11) is 0. The highest BCUT2D eigenvalue weighted by Crippen LogP contribution is 2.22.